The summed E-state index contributed by atoms with van der Waals surface area (Å²) in [5, 5.41) is 8.14. The Labute approximate surface area is 162 Å². The van der Waals surface area contributed by atoms with Crippen LogP contribution < -0.4 is 10.5 Å². The summed E-state index contributed by atoms with van der Waals surface area (Å²) in [4.78, 5) is 21.3. The molecule has 1 heterocycles. The van der Waals surface area contributed by atoms with E-state index in [0.717, 1.165) is 5.56 Å². The second kappa shape index (κ2) is 7.14. The van der Waals surface area contributed by atoms with E-state index in [1.54, 1.807) is 18.3 Å². The number of ketones is 1. The van der Waals surface area contributed by atoms with E-state index in [9.17, 15) is 13.2 Å². The Balaban J connectivity index is 1.58. The zero-order valence-electron chi connectivity index (χ0n) is 14.9. The van der Waals surface area contributed by atoms with E-state index in [0.29, 0.717) is 35.7 Å². The Morgan fingerprint density at radius 2 is 1.71 bits per heavy atom. The van der Waals surface area contributed by atoms with Crippen molar-refractivity contribution in [3.8, 4) is 0 Å². The Kier molecular flexibility index (Phi) is 4.66. The van der Waals surface area contributed by atoms with Crippen LogP contribution >= 0.6 is 0 Å². The SMILES string of the molecule is NS(=O)(=O)c1ccc(Nc2ncc3c(n2)CC(c2ccccc2)CC3=O)cc1. The van der Waals surface area contributed by atoms with Crippen LogP contribution in [-0.2, 0) is 16.4 Å². The third kappa shape index (κ3) is 3.78. The molecule has 0 saturated carbocycles. The van der Waals surface area contributed by atoms with Crippen LogP contribution in [0.5, 0.6) is 0 Å². The van der Waals surface area contributed by atoms with Crippen molar-refractivity contribution < 1.29 is 13.2 Å². The molecule has 0 fully saturated rings. The second-order valence-electron chi connectivity index (χ2n) is 6.69. The molecule has 4 rings (SSSR count). The van der Waals surface area contributed by atoms with Crippen LogP contribution in [0.3, 0.4) is 0 Å². The Morgan fingerprint density at radius 3 is 2.39 bits per heavy atom. The number of anilines is 2. The molecule has 0 aliphatic heterocycles. The van der Waals surface area contributed by atoms with E-state index in [1.165, 1.54) is 12.1 Å². The van der Waals surface area contributed by atoms with Crippen molar-refractivity contribution in [2.45, 2.75) is 23.7 Å². The maximum Gasteiger partial charge on any atom is 0.238 e. The summed E-state index contributed by atoms with van der Waals surface area (Å²) in [6.07, 6.45) is 2.65. The average molecular weight is 394 g/mol. The van der Waals surface area contributed by atoms with E-state index < -0.39 is 10.0 Å². The third-order valence-electron chi connectivity index (χ3n) is 4.75. The van der Waals surface area contributed by atoms with Crippen molar-refractivity contribution in [2.24, 2.45) is 5.14 Å². The zero-order valence-corrected chi connectivity index (χ0v) is 15.7. The molecule has 1 atom stereocenters. The van der Waals surface area contributed by atoms with Crippen molar-refractivity contribution in [1.29, 1.82) is 0 Å². The van der Waals surface area contributed by atoms with Gasteiger partial charge in [0.2, 0.25) is 16.0 Å². The fraction of sp³-hybridized carbons (Fsp3) is 0.150. The van der Waals surface area contributed by atoms with Gasteiger partial charge in [0.25, 0.3) is 0 Å². The number of benzene rings is 2. The van der Waals surface area contributed by atoms with E-state index in [-0.39, 0.29) is 16.6 Å². The van der Waals surface area contributed by atoms with Gasteiger partial charge in [0.15, 0.2) is 5.78 Å². The number of nitrogens with zero attached hydrogens (tertiary/aromatic N) is 2. The summed E-state index contributed by atoms with van der Waals surface area (Å²) in [6, 6.07) is 15.9. The average Bonchev–Trinajstić information content (AvgIpc) is 2.68. The van der Waals surface area contributed by atoms with Gasteiger partial charge in [-0.15, -0.1) is 0 Å². The van der Waals surface area contributed by atoms with Gasteiger partial charge >= 0.3 is 0 Å². The highest BCUT2D eigenvalue weighted by Gasteiger charge is 2.28. The number of hydrogen-bond donors (Lipinski definition) is 2. The van der Waals surface area contributed by atoms with Gasteiger partial charge in [0, 0.05) is 18.3 Å². The topological polar surface area (TPSA) is 115 Å². The summed E-state index contributed by atoms with van der Waals surface area (Å²) in [5.74, 6) is 0.487. The molecule has 1 unspecified atom stereocenters. The lowest BCUT2D eigenvalue weighted by Gasteiger charge is -2.23. The summed E-state index contributed by atoms with van der Waals surface area (Å²) < 4.78 is 22.7. The van der Waals surface area contributed by atoms with Crippen LogP contribution in [0.1, 0.15) is 34.0 Å². The lowest BCUT2D eigenvalue weighted by Crippen LogP contribution is -2.21. The van der Waals surface area contributed by atoms with Crippen molar-refractivity contribution in [3.05, 3.63) is 77.6 Å². The minimum Gasteiger partial charge on any atom is -0.324 e. The first-order chi connectivity index (χ1) is 13.4. The molecule has 1 aliphatic rings. The number of hydrogen-bond acceptors (Lipinski definition) is 6. The van der Waals surface area contributed by atoms with Gasteiger partial charge in [-0.3, -0.25) is 4.79 Å². The third-order valence-corrected chi connectivity index (χ3v) is 5.68. The quantitative estimate of drug-likeness (QED) is 0.703. The molecule has 8 heteroatoms. The Morgan fingerprint density at radius 1 is 1.00 bits per heavy atom. The van der Waals surface area contributed by atoms with Gasteiger partial charge in [-0.05, 0) is 42.2 Å². The Bertz CT molecular complexity index is 1130. The number of nitrogens with two attached hydrogens (primary N) is 1. The zero-order chi connectivity index (χ0) is 19.7. The summed E-state index contributed by atoms with van der Waals surface area (Å²) in [7, 11) is -3.74. The van der Waals surface area contributed by atoms with Crippen molar-refractivity contribution in [1.82, 2.24) is 9.97 Å². The number of Topliss-reactive ketones (excluding diaryl/α,β-unsaturated/α-hetero) is 1. The lowest BCUT2D eigenvalue weighted by molar-refractivity contribution is 0.0962. The molecule has 28 heavy (non-hydrogen) atoms. The number of rotatable bonds is 4. The Hall–Kier alpha value is -3.10. The molecule has 2 aromatic carbocycles. The van der Waals surface area contributed by atoms with E-state index in [2.05, 4.69) is 15.3 Å². The minimum absolute atomic E-state index is 0.0284. The maximum absolute atomic E-state index is 12.5. The standard InChI is InChI=1S/C20H18N4O3S/c21-28(26,27)16-8-6-15(7-9-16)23-20-22-12-17-18(24-20)10-14(11-19(17)25)13-4-2-1-3-5-13/h1-9,12,14H,10-11H2,(H2,21,26,27)(H,22,23,24). The molecule has 3 aromatic rings. The second-order valence-corrected chi connectivity index (χ2v) is 8.25. The van der Waals surface area contributed by atoms with E-state index in [4.69, 9.17) is 5.14 Å². The number of primary sulfonamides is 1. The molecular weight excluding hydrogens is 376 g/mol. The van der Waals surface area contributed by atoms with Gasteiger partial charge < -0.3 is 5.32 Å². The molecule has 142 valence electrons. The van der Waals surface area contributed by atoms with Crippen LogP contribution in [0.25, 0.3) is 0 Å². The maximum atomic E-state index is 12.5. The number of sulfonamides is 1. The first-order valence-electron chi connectivity index (χ1n) is 8.74. The van der Waals surface area contributed by atoms with Crippen molar-refractivity contribution in [3.63, 3.8) is 0 Å². The lowest BCUT2D eigenvalue weighted by atomic mass is 9.82. The first kappa shape index (κ1) is 18.3. The molecular formula is C20H18N4O3S. The van der Waals surface area contributed by atoms with Crippen LogP contribution in [0.2, 0.25) is 0 Å². The molecule has 0 radical (unpaired) electrons. The molecule has 1 aliphatic carbocycles. The minimum atomic E-state index is -3.74. The molecule has 1 aromatic heterocycles. The van der Waals surface area contributed by atoms with Gasteiger partial charge in [0.1, 0.15) is 0 Å². The van der Waals surface area contributed by atoms with Crippen LogP contribution in [0.15, 0.2) is 65.7 Å². The van der Waals surface area contributed by atoms with E-state index >= 15 is 0 Å². The van der Waals surface area contributed by atoms with Gasteiger partial charge in [0.05, 0.1) is 16.2 Å². The van der Waals surface area contributed by atoms with Crippen LogP contribution in [-0.4, -0.2) is 24.2 Å². The number of aromatic nitrogens is 2. The highest BCUT2D eigenvalue weighted by atomic mass is 32.2. The van der Waals surface area contributed by atoms with Gasteiger partial charge in [-0.1, -0.05) is 30.3 Å². The molecule has 0 amide bonds. The van der Waals surface area contributed by atoms with E-state index in [1.807, 2.05) is 30.3 Å². The fourth-order valence-corrected chi connectivity index (χ4v) is 3.84. The summed E-state index contributed by atoms with van der Waals surface area (Å²) in [5.41, 5.74) is 3.01. The molecule has 0 saturated heterocycles. The van der Waals surface area contributed by atoms with Crippen LogP contribution in [0, 0.1) is 0 Å². The fourth-order valence-electron chi connectivity index (χ4n) is 3.32. The predicted molar refractivity (Wildman–Crippen MR) is 105 cm³/mol. The number of carbonyl (C=O) groups is 1. The van der Waals surface area contributed by atoms with Gasteiger partial charge in [-0.25, -0.2) is 23.5 Å². The number of fused-ring (bicyclic) bond motifs is 1. The monoisotopic (exact) mass is 394 g/mol. The number of nitrogens with one attached hydrogen (secondary N) is 1. The van der Waals surface area contributed by atoms with Crippen molar-refractivity contribution >= 4 is 27.4 Å². The summed E-state index contributed by atoms with van der Waals surface area (Å²) in [6.45, 7) is 0. The molecule has 0 bridgehead atoms. The normalized spacial score (nSPS) is 16.5. The highest BCUT2D eigenvalue weighted by molar-refractivity contribution is 7.89. The summed E-state index contributed by atoms with van der Waals surface area (Å²) >= 11 is 0. The predicted octanol–water partition coefficient (Wildman–Crippen LogP) is 2.78. The smallest absolute Gasteiger partial charge is 0.238 e. The van der Waals surface area contributed by atoms with Crippen molar-refractivity contribution in [2.75, 3.05) is 5.32 Å². The first-order valence-corrected chi connectivity index (χ1v) is 10.3. The highest BCUT2D eigenvalue weighted by Crippen LogP contribution is 2.32. The van der Waals surface area contributed by atoms with Gasteiger partial charge in [-0.2, -0.15) is 0 Å². The molecule has 3 N–H and O–H groups in total. The molecule has 0 spiro atoms. The molecule has 7 nitrogen and oxygen atoms in total. The van der Waals surface area contributed by atoms with Crippen LogP contribution in [0.4, 0.5) is 11.6 Å². The number of carbonyl (C=O) groups excluding carboxylic acids is 1. The largest absolute Gasteiger partial charge is 0.324 e.